The lowest BCUT2D eigenvalue weighted by Crippen LogP contribution is -2.34. The molecule has 0 saturated heterocycles. The summed E-state index contributed by atoms with van der Waals surface area (Å²) in [6.07, 6.45) is 4.27. The summed E-state index contributed by atoms with van der Waals surface area (Å²) in [7, 11) is 0. The van der Waals surface area contributed by atoms with Gasteiger partial charge in [-0.15, -0.1) is 0 Å². The summed E-state index contributed by atoms with van der Waals surface area (Å²) in [5.41, 5.74) is 5.44. The molecule has 0 heterocycles. The van der Waals surface area contributed by atoms with Crippen LogP contribution in [0.5, 0.6) is 0 Å². The number of carbonyl (C=O) groups is 1. The van der Waals surface area contributed by atoms with Gasteiger partial charge >= 0.3 is 0 Å². The SMILES string of the molecule is CCCCN(CCCC)C(=O)CSC(N)=NN. The maximum Gasteiger partial charge on any atom is 0.233 e. The summed E-state index contributed by atoms with van der Waals surface area (Å²) in [4.78, 5) is 13.8. The third-order valence-corrected chi connectivity index (χ3v) is 3.18. The Balaban J connectivity index is 4.11. The smallest absolute Gasteiger partial charge is 0.233 e. The third-order valence-electron chi connectivity index (χ3n) is 2.39. The van der Waals surface area contributed by atoms with Crippen molar-refractivity contribution in [2.45, 2.75) is 39.5 Å². The molecule has 0 atom stereocenters. The molecule has 0 aliphatic carbocycles. The second-order valence-corrected chi connectivity index (χ2v) is 4.84. The quantitative estimate of drug-likeness (QED) is 0.298. The summed E-state index contributed by atoms with van der Waals surface area (Å²) in [6.45, 7) is 5.90. The molecule has 17 heavy (non-hydrogen) atoms. The molecule has 0 aromatic carbocycles. The zero-order valence-electron chi connectivity index (χ0n) is 10.8. The minimum atomic E-state index is 0.114. The van der Waals surface area contributed by atoms with E-state index in [0.717, 1.165) is 38.8 Å². The van der Waals surface area contributed by atoms with Crippen molar-refractivity contribution < 1.29 is 4.79 Å². The molecular formula is C11H24N4OS. The van der Waals surface area contributed by atoms with Gasteiger partial charge in [0.15, 0.2) is 5.17 Å². The van der Waals surface area contributed by atoms with E-state index in [9.17, 15) is 4.79 Å². The summed E-state index contributed by atoms with van der Waals surface area (Å²) >= 11 is 1.19. The van der Waals surface area contributed by atoms with Crippen LogP contribution in [0.15, 0.2) is 5.10 Å². The first-order valence-electron chi connectivity index (χ1n) is 6.09. The number of nitrogens with zero attached hydrogens (tertiary/aromatic N) is 2. The maximum atomic E-state index is 11.9. The van der Waals surface area contributed by atoms with E-state index in [1.54, 1.807) is 0 Å². The van der Waals surface area contributed by atoms with E-state index in [1.807, 2.05) is 4.90 Å². The topological polar surface area (TPSA) is 84.7 Å². The van der Waals surface area contributed by atoms with Crippen molar-refractivity contribution in [3.05, 3.63) is 0 Å². The van der Waals surface area contributed by atoms with Crippen LogP contribution < -0.4 is 11.6 Å². The third kappa shape index (κ3) is 7.90. The first-order valence-corrected chi connectivity index (χ1v) is 7.08. The van der Waals surface area contributed by atoms with E-state index in [0.29, 0.717) is 5.75 Å². The van der Waals surface area contributed by atoms with Gasteiger partial charge < -0.3 is 16.5 Å². The summed E-state index contributed by atoms with van der Waals surface area (Å²) < 4.78 is 0. The van der Waals surface area contributed by atoms with Crippen LogP contribution in [0.1, 0.15) is 39.5 Å². The van der Waals surface area contributed by atoms with Gasteiger partial charge in [0.25, 0.3) is 0 Å². The van der Waals surface area contributed by atoms with Crippen molar-refractivity contribution in [1.82, 2.24) is 4.90 Å². The number of amidine groups is 1. The van der Waals surface area contributed by atoms with Crippen LogP contribution in [0.4, 0.5) is 0 Å². The predicted molar refractivity (Wildman–Crippen MR) is 74.7 cm³/mol. The normalized spacial score (nSPS) is 11.5. The van der Waals surface area contributed by atoms with E-state index < -0.39 is 0 Å². The van der Waals surface area contributed by atoms with E-state index >= 15 is 0 Å². The number of carbonyl (C=O) groups excluding carboxylic acids is 1. The van der Waals surface area contributed by atoms with Gasteiger partial charge in [-0.3, -0.25) is 4.79 Å². The molecule has 0 rings (SSSR count). The van der Waals surface area contributed by atoms with Crippen molar-refractivity contribution in [3.63, 3.8) is 0 Å². The standard InChI is InChI=1S/C11H24N4OS/c1-3-5-7-15(8-6-4-2)10(16)9-17-11(12)14-13/h3-9,13H2,1-2H3,(H2,12,14). The zero-order valence-corrected chi connectivity index (χ0v) is 11.6. The Hall–Kier alpha value is -0.910. The highest BCUT2D eigenvalue weighted by molar-refractivity contribution is 8.14. The van der Waals surface area contributed by atoms with Crippen LogP contribution in [0.2, 0.25) is 0 Å². The summed E-state index contributed by atoms with van der Waals surface area (Å²) in [5.74, 6) is 5.45. The van der Waals surface area contributed by atoms with Gasteiger partial charge in [0.05, 0.1) is 5.75 Å². The first-order chi connectivity index (χ1) is 8.15. The molecule has 0 aliphatic rings. The molecule has 4 N–H and O–H groups in total. The van der Waals surface area contributed by atoms with E-state index in [1.165, 1.54) is 11.8 Å². The fraction of sp³-hybridized carbons (Fsp3) is 0.818. The minimum Gasteiger partial charge on any atom is -0.377 e. The van der Waals surface area contributed by atoms with Crippen molar-refractivity contribution in [3.8, 4) is 0 Å². The maximum absolute atomic E-state index is 11.9. The van der Waals surface area contributed by atoms with Crippen LogP contribution in [0, 0.1) is 0 Å². The lowest BCUT2D eigenvalue weighted by molar-refractivity contribution is -0.128. The van der Waals surface area contributed by atoms with E-state index in [-0.39, 0.29) is 11.1 Å². The lowest BCUT2D eigenvalue weighted by Gasteiger charge is -2.22. The lowest BCUT2D eigenvalue weighted by atomic mass is 10.2. The van der Waals surface area contributed by atoms with Gasteiger partial charge in [0.1, 0.15) is 0 Å². The van der Waals surface area contributed by atoms with Gasteiger partial charge in [0, 0.05) is 13.1 Å². The van der Waals surface area contributed by atoms with Crippen LogP contribution in [0.3, 0.4) is 0 Å². The highest BCUT2D eigenvalue weighted by atomic mass is 32.2. The average Bonchev–Trinajstić information content (AvgIpc) is 2.35. The van der Waals surface area contributed by atoms with Crippen LogP contribution >= 0.6 is 11.8 Å². The second-order valence-electron chi connectivity index (χ2n) is 3.84. The summed E-state index contributed by atoms with van der Waals surface area (Å²) in [5, 5.41) is 3.58. The molecule has 0 saturated carbocycles. The first kappa shape index (κ1) is 16.1. The van der Waals surface area contributed by atoms with Crippen LogP contribution in [-0.2, 0) is 4.79 Å². The molecule has 0 radical (unpaired) electrons. The number of rotatable bonds is 8. The highest BCUT2D eigenvalue weighted by Gasteiger charge is 2.13. The van der Waals surface area contributed by atoms with Crippen LogP contribution in [0.25, 0.3) is 0 Å². The predicted octanol–water partition coefficient (Wildman–Crippen LogP) is 1.34. The van der Waals surface area contributed by atoms with Crippen molar-refractivity contribution in [1.29, 1.82) is 0 Å². The molecule has 0 unspecified atom stereocenters. The number of hydrogen-bond acceptors (Lipinski definition) is 4. The van der Waals surface area contributed by atoms with E-state index in [4.69, 9.17) is 11.6 Å². The number of nitrogens with two attached hydrogens (primary N) is 2. The average molecular weight is 260 g/mol. The molecule has 0 bridgehead atoms. The zero-order chi connectivity index (χ0) is 13.1. The second kappa shape index (κ2) is 10.3. The number of hydrazone groups is 1. The Bertz CT molecular complexity index is 238. The Labute approximate surface area is 108 Å². The number of thioether (sulfide) groups is 1. The van der Waals surface area contributed by atoms with Gasteiger partial charge in [0.2, 0.25) is 5.91 Å². The molecule has 0 fully saturated rings. The Morgan fingerprint density at radius 1 is 1.24 bits per heavy atom. The Morgan fingerprint density at radius 3 is 2.18 bits per heavy atom. The molecule has 5 nitrogen and oxygen atoms in total. The van der Waals surface area contributed by atoms with Gasteiger partial charge in [-0.25, -0.2) is 0 Å². The molecule has 100 valence electrons. The fourth-order valence-corrected chi connectivity index (χ4v) is 1.85. The molecule has 6 heteroatoms. The van der Waals surface area contributed by atoms with Crippen molar-refractivity contribution in [2.75, 3.05) is 18.8 Å². The molecule has 0 aromatic heterocycles. The highest BCUT2D eigenvalue weighted by Crippen LogP contribution is 2.05. The fourth-order valence-electron chi connectivity index (χ4n) is 1.32. The summed E-state index contributed by atoms with van der Waals surface area (Å²) in [6, 6.07) is 0. The van der Waals surface area contributed by atoms with Crippen LogP contribution in [-0.4, -0.2) is 34.8 Å². The minimum absolute atomic E-state index is 0.114. The number of hydrogen-bond donors (Lipinski definition) is 2. The molecular weight excluding hydrogens is 236 g/mol. The van der Waals surface area contributed by atoms with Crippen molar-refractivity contribution >= 4 is 22.8 Å². The van der Waals surface area contributed by atoms with Gasteiger partial charge in [-0.05, 0) is 12.8 Å². The number of amides is 1. The largest absolute Gasteiger partial charge is 0.377 e. The Morgan fingerprint density at radius 2 is 1.76 bits per heavy atom. The monoisotopic (exact) mass is 260 g/mol. The molecule has 0 aliphatic heterocycles. The Kier molecular flexibility index (Phi) is 9.71. The number of unbranched alkanes of at least 4 members (excludes halogenated alkanes) is 2. The van der Waals surface area contributed by atoms with Gasteiger partial charge in [-0.2, -0.15) is 5.10 Å². The van der Waals surface area contributed by atoms with Crippen molar-refractivity contribution in [2.24, 2.45) is 16.7 Å². The van der Waals surface area contributed by atoms with Gasteiger partial charge in [-0.1, -0.05) is 38.5 Å². The molecule has 0 spiro atoms. The molecule has 1 amide bonds. The van der Waals surface area contributed by atoms with E-state index in [2.05, 4.69) is 18.9 Å². The molecule has 0 aromatic rings.